The molecule has 1 saturated heterocycles. The van der Waals surface area contributed by atoms with Crippen molar-refractivity contribution in [1.29, 1.82) is 0 Å². The number of piperazine rings is 1. The second-order valence-corrected chi connectivity index (χ2v) is 5.66. The van der Waals surface area contributed by atoms with Gasteiger partial charge in [-0.1, -0.05) is 30.3 Å². The third kappa shape index (κ3) is 4.62. The maximum Gasteiger partial charge on any atom is 0.236 e. The smallest absolute Gasteiger partial charge is 0.236 e. The summed E-state index contributed by atoms with van der Waals surface area (Å²) in [6, 6.07) is 10.7. The SMILES string of the molecule is CC(Cc1ccccc1)NCC(=O)N1CCN(C)CC1. The first-order valence-electron chi connectivity index (χ1n) is 7.39. The van der Waals surface area contributed by atoms with Gasteiger partial charge in [-0.3, -0.25) is 4.79 Å². The van der Waals surface area contributed by atoms with E-state index in [0.29, 0.717) is 12.6 Å². The van der Waals surface area contributed by atoms with E-state index in [0.717, 1.165) is 32.6 Å². The van der Waals surface area contributed by atoms with Crippen LogP contribution >= 0.6 is 0 Å². The van der Waals surface area contributed by atoms with Crippen LogP contribution in [0.5, 0.6) is 0 Å². The van der Waals surface area contributed by atoms with Gasteiger partial charge in [0.15, 0.2) is 0 Å². The van der Waals surface area contributed by atoms with Gasteiger partial charge in [-0.2, -0.15) is 0 Å². The Balaban J connectivity index is 1.70. The lowest BCUT2D eigenvalue weighted by Crippen LogP contribution is -2.50. The Morgan fingerprint density at radius 1 is 1.20 bits per heavy atom. The Hall–Kier alpha value is -1.39. The van der Waals surface area contributed by atoms with E-state index in [1.807, 2.05) is 11.0 Å². The molecule has 1 aliphatic heterocycles. The van der Waals surface area contributed by atoms with Crippen molar-refractivity contribution >= 4 is 5.91 Å². The molecule has 0 spiro atoms. The molecule has 4 heteroatoms. The topological polar surface area (TPSA) is 35.6 Å². The summed E-state index contributed by atoms with van der Waals surface area (Å²) in [5, 5.41) is 3.33. The second-order valence-electron chi connectivity index (χ2n) is 5.66. The molecule has 0 bridgehead atoms. The van der Waals surface area contributed by atoms with Crippen LogP contribution in [0, 0.1) is 0 Å². The van der Waals surface area contributed by atoms with Crippen LogP contribution in [0.3, 0.4) is 0 Å². The Bertz CT molecular complexity index is 413. The monoisotopic (exact) mass is 275 g/mol. The van der Waals surface area contributed by atoms with Gasteiger partial charge < -0.3 is 15.1 Å². The Morgan fingerprint density at radius 2 is 1.85 bits per heavy atom. The molecule has 1 heterocycles. The fourth-order valence-electron chi connectivity index (χ4n) is 2.47. The lowest BCUT2D eigenvalue weighted by molar-refractivity contribution is -0.131. The van der Waals surface area contributed by atoms with Crippen molar-refractivity contribution in [2.75, 3.05) is 39.8 Å². The van der Waals surface area contributed by atoms with Crippen molar-refractivity contribution in [1.82, 2.24) is 15.1 Å². The molecule has 2 rings (SSSR count). The molecule has 4 nitrogen and oxygen atoms in total. The van der Waals surface area contributed by atoms with E-state index < -0.39 is 0 Å². The minimum Gasteiger partial charge on any atom is -0.339 e. The number of carbonyl (C=O) groups is 1. The highest BCUT2D eigenvalue weighted by Gasteiger charge is 2.18. The first-order chi connectivity index (χ1) is 9.65. The van der Waals surface area contributed by atoms with E-state index in [9.17, 15) is 4.79 Å². The Labute approximate surface area is 121 Å². The molecule has 20 heavy (non-hydrogen) atoms. The fourth-order valence-corrected chi connectivity index (χ4v) is 2.47. The van der Waals surface area contributed by atoms with Crippen molar-refractivity contribution in [3.63, 3.8) is 0 Å². The molecule has 1 aromatic carbocycles. The summed E-state index contributed by atoms with van der Waals surface area (Å²) in [6.45, 7) is 6.23. The predicted molar refractivity (Wildman–Crippen MR) is 81.7 cm³/mol. The minimum atomic E-state index is 0.220. The largest absolute Gasteiger partial charge is 0.339 e. The van der Waals surface area contributed by atoms with Gasteiger partial charge in [0.05, 0.1) is 6.54 Å². The number of hydrogen-bond acceptors (Lipinski definition) is 3. The van der Waals surface area contributed by atoms with Crippen molar-refractivity contribution < 1.29 is 4.79 Å². The molecule has 0 radical (unpaired) electrons. The van der Waals surface area contributed by atoms with Crippen molar-refractivity contribution in [3.05, 3.63) is 35.9 Å². The van der Waals surface area contributed by atoms with Gasteiger partial charge in [-0.25, -0.2) is 0 Å². The lowest BCUT2D eigenvalue weighted by atomic mass is 10.1. The lowest BCUT2D eigenvalue weighted by Gasteiger charge is -2.32. The van der Waals surface area contributed by atoms with E-state index in [1.165, 1.54) is 5.56 Å². The molecular weight excluding hydrogens is 250 g/mol. The molecule has 1 aromatic rings. The first kappa shape index (κ1) is 15.0. The van der Waals surface area contributed by atoms with E-state index in [-0.39, 0.29) is 5.91 Å². The van der Waals surface area contributed by atoms with E-state index in [4.69, 9.17) is 0 Å². The molecule has 1 amide bonds. The Morgan fingerprint density at radius 3 is 2.50 bits per heavy atom. The highest BCUT2D eigenvalue weighted by molar-refractivity contribution is 5.78. The number of nitrogens with zero attached hydrogens (tertiary/aromatic N) is 2. The van der Waals surface area contributed by atoms with Crippen LogP contribution in [0.4, 0.5) is 0 Å². The number of nitrogens with one attached hydrogen (secondary N) is 1. The molecule has 1 aliphatic rings. The van der Waals surface area contributed by atoms with Gasteiger partial charge >= 0.3 is 0 Å². The number of hydrogen-bond donors (Lipinski definition) is 1. The van der Waals surface area contributed by atoms with Gasteiger partial charge in [0, 0.05) is 32.2 Å². The number of likely N-dealkylation sites (N-methyl/N-ethyl adjacent to an activating group) is 1. The molecule has 1 fully saturated rings. The molecule has 0 aliphatic carbocycles. The van der Waals surface area contributed by atoms with Gasteiger partial charge in [0.25, 0.3) is 0 Å². The molecule has 1 unspecified atom stereocenters. The zero-order valence-corrected chi connectivity index (χ0v) is 12.5. The highest BCUT2D eigenvalue weighted by Crippen LogP contribution is 2.03. The summed E-state index contributed by atoms with van der Waals surface area (Å²) in [5.41, 5.74) is 1.31. The van der Waals surface area contributed by atoms with E-state index in [1.54, 1.807) is 0 Å². The van der Waals surface area contributed by atoms with Crippen molar-refractivity contribution in [2.45, 2.75) is 19.4 Å². The van der Waals surface area contributed by atoms with Crippen LogP contribution < -0.4 is 5.32 Å². The highest BCUT2D eigenvalue weighted by atomic mass is 16.2. The zero-order chi connectivity index (χ0) is 14.4. The summed E-state index contributed by atoms with van der Waals surface area (Å²) >= 11 is 0. The normalized spacial score (nSPS) is 18.0. The van der Waals surface area contributed by atoms with E-state index >= 15 is 0 Å². The van der Waals surface area contributed by atoms with Gasteiger partial charge in [-0.15, -0.1) is 0 Å². The van der Waals surface area contributed by atoms with Crippen LogP contribution in [-0.4, -0.2) is 61.5 Å². The number of carbonyl (C=O) groups excluding carboxylic acids is 1. The molecule has 0 aromatic heterocycles. The first-order valence-corrected chi connectivity index (χ1v) is 7.39. The average Bonchev–Trinajstić information content (AvgIpc) is 2.46. The van der Waals surface area contributed by atoms with Crippen LogP contribution in [0.25, 0.3) is 0 Å². The number of rotatable bonds is 5. The third-order valence-electron chi connectivity index (χ3n) is 3.84. The number of amides is 1. The molecule has 1 N–H and O–H groups in total. The van der Waals surface area contributed by atoms with Crippen LogP contribution in [0.2, 0.25) is 0 Å². The van der Waals surface area contributed by atoms with Crippen molar-refractivity contribution in [3.8, 4) is 0 Å². The van der Waals surface area contributed by atoms with Gasteiger partial charge in [-0.05, 0) is 26.0 Å². The maximum atomic E-state index is 12.1. The molecule has 110 valence electrons. The maximum absolute atomic E-state index is 12.1. The third-order valence-corrected chi connectivity index (χ3v) is 3.84. The minimum absolute atomic E-state index is 0.220. The summed E-state index contributed by atoms with van der Waals surface area (Å²) in [7, 11) is 2.10. The van der Waals surface area contributed by atoms with Crippen LogP contribution in [0.15, 0.2) is 30.3 Å². The quantitative estimate of drug-likeness (QED) is 0.870. The summed E-state index contributed by atoms with van der Waals surface area (Å²) in [5.74, 6) is 0.220. The summed E-state index contributed by atoms with van der Waals surface area (Å²) in [4.78, 5) is 16.3. The fraction of sp³-hybridized carbons (Fsp3) is 0.562. The zero-order valence-electron chi connectivity index (χ0n) is 12.5. The van der Waals surface area contributed by atoms with E-state index in [2.05, 4.69) is 48.5 Å². The van der Waals surface area contributed by atoms with Gasteiger partial charge in [0.1, 0.15) is 0 Å². The summed E-state index contributed by atoms with van der Waals surface area (Å²) in [6.07, 6.45) is 0.955. The summed E-state index contributed by atoms with van der Waals surface area (Å²) < 4.78 is 0. The number of benzene rings is 1. The molecule has 0 saturated carbocycles. The average molecular weight is 275 g/mol. The standard InChI is InChI=1S/C16H25N3O/c1-14(12-15-6-4-3-5-7-15)17-13-16(20)19-10-8-18(2)9-11-19/h3-7,14,17H,8-13H2,1-2H3. The van der Waals surface area contributed by atoms with Crippen molar-refractivity contribution in [2.24, 2.45) is 0 Å². The molecular formula is C16H25N3O. The molecule has 1 atom stereocenters. The van der Waals surface area contributed by atoms with Crippen LogP contribution in [-0.2, 0) is 11.2 Å². The Kier molecular flexibility index (Phi) is 5.56. The van der Waals surface area contributed by atoms with Gasteiger partial charge in [0.2, 0.25) is 5.91 Å². The predicted octanol–water partition coefficient (Wildman–Crippen LogP) is 0.981. The second kappa shape index (κ2) is 7.41. The van der Waals surface area contributed by atoms with Crippen LogP contribution in [0.1, 0.15) is 12.5 Å².